The molecule has 0 bridgehead atoms. The minimum Gasteiger partial charge on any atom is -0.366 e. The molecule has 0 N–H and O–H groups in total. The number of carbonyl (C=O) groups is 1. The largest absolute Gasteiger partial charge is 0.366 e. The summed E-state index contributed by atoms with van der Waals surface area (Å²) >= 11 is 5.81. The minimum absolute atomic E-state index is 0.131. The summed E-state index contributed by atoms with van der Waals surface area (Å²) in [5, 5.41) is 0.668. The molecule has 0 saturated carbocycles. The Bertz CT molecular complexity index is 332. The van der Waals surface area contributed by atoms with Gasteiger partial charge in [-0.3, -0.25) is 4.79 Å². The van der Waals surface area contributed by atoms with Crippen LogP contribution in [0.1, 0.15) is 38.4 Å². The first kappa shape index (κ1) is 13.2. The number of hydrogen-bond donors (Lipinski definition) is 0. The monoisotopic (exact) mass is 240 g/mol. The van der Waals surface area contributed by atoms with Crippen LogP contribution in [-0.4, -0.2) is 12.4 Å². The molecule has 1 rings (SSSR count). The maximum absolute atomic E-state index is 11.9. The number of halogens is 1. The zero-order chi connectivity index (χ0) is 12.0. The lowest BCUT2D eigenvalue weighted by Gasteiger charge is -2.16. The molecule has 3 heteroatoms. The van der Waals surface area contributed by atoms with Crippen LogP contribution in [0.4, 0.5) is 0 Å². The van der Waals surface area contributed by atoms with Crippen molar-refractivity contribution in [3.05, 3.63) is 34.9 Å². The van der Waals surface area contributed by atoms with Crippen molar-refractivity contribution < 1.29 is 9.53 Å². The van der Waals surface area contributed by atoms with Gasteiger partial charge in [0, 0.05) is 18.1 Å². The third kappa shape index (κ3) is 3.62. The lowest BCUT2D eigenvalue weighted by Crippen LogP contribution is -2.15. The lowest BCUT2D eigenvalue weighted by atomic mass is 10.0. The number of ketones is 1. The van der Waals surface area contributed by atoms with E-state index in [1.54, 1.807) is 12.1 Å². The summed E-state index contributed by atoms with van der Waals surface area (Å²) in [6, 6.07) is 7.25. The molecule has 0 spiro atoms. The van der Waals surface area contributed by atoms with E-state index in [4.69, 9.17) is 16.3 Å². The fraction of sp³-hybridized carbons (Fsp3) is 0.462. The third-order valence-electron chi connectivity index (χ3n) is 2.29. The molecule has 1 aromatic carbocycles. The van der Waals surface area contributed by atoms with Gasteiger partial charge in [0.15, 0.2) is 5.78 Å². The van der Waals surface area contributed by atoms with E-state index in [1.165, 1.54) is 0 Å². The molecule has 0 aliphatic rings. The molecule has 2 nitrogen and oxygen atoms in total. The predicted molar refractivity (Wildman–Crippen MR) is 65.7 cm³/mol. The van der Waals surface area contributed by atoms with Crippen LogP contribution in [0, 0.1) is 0 Å². The van der Waals surface area contributed by atoms with E-state index in [0.717, 1.165) is 12.0 Å². The minimum atomic E-state index is -0.442. The van der Waals surface area contributed by atoms with Crippen LogP contribution in [0.3, 0.4) is 0 Å². The topological polar surface area (TPSA) is 26.3 Å². The van der Waals surface area contributed by atoms with Crippen molar-refractivity contribution in [2.45, 2.75) is 32.8 Å². The Morgan fingerprint density at radius 3 is 2.44 bits per heavy atom. The summed E-state index contributed by atoms with van der Waals surface area (Å²) in [5.74, 6) is 0.131. The fourth-order valence-electron chi connectivity index (χ4n) is 1.56. The summed E-state index contributed by atoms with van der Waals surface area (Å²) in [6.45, 7) is 4.41. The van der Waals surface area contributed by atoms with Crippen LogP contribution in [0.5, 0.6) is 0 Å². The van der Waals surface area contributed by atoms with Crippen molar-refractivity contribution in [3.63, 3.8) is 0 Å². The van der Waals surface area contributed by atoms with Crippen LogP contribution in [-0.2, 0) is 9.53 Å². The number of carbonyl (C=O) groups excluding carboxylic acids is 1. The highest BCUT2D eigenvalue weighted by Gasteiger charge is 2.19. The number of hydrogen-bond acceptors (Lipinski definition) is 2. The third-order valence-corrected chi connectivity index (χ3v) is 2.55. The molecule has 0 aliphatic heterocycles. The molecule has 0 amide bonds. The van der Waals surface area contributed by atoms with Gasteiger partial charge in [0.2, 0.25) is 0 Å². The van der Waals surface area contributed by atoms with Gasteiger partial charge < -0.3 is 4.74 Å². The number of ether oxygens (including phenoxy) is 1. The Morgan fingerprint density at radius 2 is 1.94 bits per heavy atom. The molecule has 1 atom stereocenters. The van der Waals surface area contributed by atoms with Crippen LogP contribution in [0.15, 0.2) is 24.3 Å². The Hall–Kier alpha value is -0.860. The zero-order valence-electron chi connectivity index (χ0n) is 9.70. The number of rotatable bonds is 6. The highest BCUT2D eigenvalue weighted by molar-refractivity contribution is 6.30. The van der Waals surface area contributed by atoms with E-state index in [1.807, 2.05) is 26.0 Å². The van der Waals surface area contributed by atoms with Crippen molar-refractivity contribution in [1.82, 2.24) is 0 Å². The first-order valence-corrected chi connectivity index (χ1v) is 5.96. The average Bonchev–Trinajstić information content (AvgIpc) is 2.28. The summed E-state index contributed by atoms with van der Waals surface area (Å²) in [7, 11) is 0. The normalized spacial score (nSPS) is 12.4. The molecule has 1 unspecified atom stereocenters. The molecule has 0 aromatic heterocycles. The molecule has 1 aromatic rings. The van der Waals surface area contributed by atoms with Crippen LogP contribution < -0.4 is 0 Å². The van der Waals surface area contributed by atoms with E-state index in [-0.39, 0.29) is 5.78 Å². The molecule has 0 saturated heterocycles. The van der Waals surface area contributed by atoms with Gasteiger partial charge in [-0.1, -0.05) is 30.7 Å². The van der Waals surface area contributed by atoms with Crippen molar-refractivity contribution >= 4 is 17.4 Å². The molecule has 16 heavy (non-hydrogen) atoms. The van der Waals surface area contributed by atoms with Gasteiger partial charge in [-0.15, -0.1) is 0 Å². The Morgan fingerprint density at radius 1 is 1.31 bits per heavy atom. The van der Waals surface area contributed by atoms with Gasteiger partial charge in [0.05, 0.1) is 0 Å². The van der Waals surface area contributed by atoms with Crippen molar-refractivity contribution in [2.75, 3.05) is 6.61 Å². The molecule has 0 fully saturated rings. The van der Waals surface area contributed by atoms with Gasteiger partial charge in [0.1, 0.15) is 6.10 Å². The second-order valence-electron chi connectivity index (χ2n) is 3.60. The SMILES string of the molecule is CCCC(=O)C(OCC)c1ccc(Cl)cc1. The summed E-state index contributed by atoms with van der Waals surface area (Å²) < 4.78 is 5.49. The predicted octanol–water partition coefficient (Wildman–Crippen LogP) is 3.79. The first-order valence-electron chi connectivity index (χ1n) is 5.58. The van der Waals surface area contributed by atoms with E-state index < -0.39 is 6.10 Å². The Kier molecular flexibility index (Phi) is 5.50. The zero-order valence-corrected chi connectivity index (χ0v) is 10.5. The molecule has 0 aliphatic carbocycles. The van der Waals surface area contributed by atoms with Crippen LogP contribution in [0.2, 0.25) is 5.02 Å². The average molecular weight is 241 g/mol. The quantitative estimate of drug-likeness (QED) is 0.756. The maximum Gasteiger partial charge on any atom is 0.166 e. The van der Waals surface area contributed by atoms with E-state index in [9.17, 15) is 4.79 Å². The summed E-state index contributed by atoms with van der Waals surface area (Å²) in [4.78, 5) is 11.9. The first-order chi connectivity index (χ1) is 7.69. The highest BCUT2D eigenvalue weighted by Crippen LogP contribution is 2.22. The van der Waals surface area contributed by atoms with Crippen LogP contribution in [0.25, 0.3) is 0 Å². The van der Waals surface area contributed by atoms with E-state index in [0.29, 0.717) is 18.1 Å². The molecular weight excluding hydrogens is 224 g/mol. The van der Waals surface area contributed by atoms with Crippen LogP contribution >= 0.6 is 11.6 Å². The molecular formula is C13H17ClO2. The lowest BCUT2D eigenvalue weighted by molar-refractivity contribution is -0.130. The molecule has 0 heterocycles. The maximum atomic E-state index is 11.9. The van der Waals surface area contributed by atoms with Gasteiger partial charge in [0.25, 0.3) is 0 Å². The van der Waals surface area contributed by atoms with Crippen molar-refractivity contribution in [1.29, 1.82) is 0 Å². The number of benzene rings is 1. The van der Waals surface area contributed by atoms with Gasteiger partial charge in [-0.05, 0) is 31.0 Å². The summed E-state index contributed by atoms with van der Waals surface area (Å²) in [5.41, 5.74) is 0.879. The number of Topliss-reactive ketones (excluding diaryl/α,β-unsaturated/α-hetero) is 1. The standard InChI is InChI=1S/C13H17ClO2/c1-3-5-12(15)13(16-4-2)10-6-8-11(14)9-7-10/h6-9,13H,3-5H2,1-2H3. The molecule has 88 valence electrons. The van der Waals surface area contributed by atoms with Gasteiger partial charge >= 0.3 is 0 Å². The van der Waals surface area contributed by atoms with Gasteiger partial charge in [-0.2, -0.15) is 0 Å². The van der Waals surface area contributed by atoms with Gasteiger partial charge in [-0.25, -0.2) is 0 Å². The molecule has 0 radical (unpaired) electrons. The van der Waals surface area contributed by atoms with Crippen molar-refractivity contribution in [3.8, 4) is 0 Å². The van der Waals surface area contributed by atoms with E-state index in [2.05, 4.69) is 0 Å². The second kappa shape index (κ2) is 6.66. The second-order valence-corrected chi connectivity index (χ2v) is 4.04. The highest BCUT2D eigenvalue weighted by atomic mass is 35.5. The van der Waals surface area contributed by atoms with E-state index >= 15 is 0 Å². The Balaban J connectivity index is 2.84. The fourth-order valence-corrected chi connectivity index (χ4v) is 1.68. The summed E-state index contributed by atoms with van der Waals surface area (Å²) in [6.07, 6.45) is 0.950. The Labute approximate surface area is 102 Å². The smallest absolute Gasteiger partial charge is 0.166 e. The van der Waals surface area contributed by atoms with Crippen molar-refractivity contribution in [2.24, 2.45) is 0 Å².